The summed E-state index contributed by atoms with van der Waals surface area (Å²) in [5.41, 5.74) is 0. The highest BCUT2D eigenvalue weighted by Gasteiger charge is 2.08. The van der Waals surface area contributed by atoms with Gasteiger partial charge in [0.1, 0.15) is 5.75 Å². The molecular formula is C9H8Br2O3. The van der Waals surface area contributed by atoms with Crippen molar-refractivity contribution >= 4 is 38.0 Å². The van der Waals surface area contributed by atoms with Gasteiger partial charge in [-0.25, -0.2) is 4.79 Å². The highest BCUT2D eigenvalue weighted by molar-refractivity contribution is 9.11. The fourth-order valence-electron chi connectivity index (χ4n) is 0.795. The Balaban J connectivity index is 2.72. The number of hydrogen-bond acceptors (Lipinski definition) is 3. The molecule has 0 heterocycles. The minimum atomic E-state index is -0.699. The summed E-state index contributed by atoms with van der Waals surface area (Å²) in [6.07, 6.45) is -0.699. The van der Waals surface area contributed by atoms with E-state index in [1.807, 2.05) is 0 Å². The Labute approximate surface area is 98.6 Å². The summed E-state index contributed by atoms with van der Waals surface area (Å²) in [7, 11) is 0. The first-order valence-corrected chi connectivity index (χ1v) is 5.51. The van der Waals surface area contributed by atoms with E-state index < -0.39 is 6.16 Å². The molecule has 0 N–H and O–H groups in total. The fraction of sp³-hybridized carbons (Fsp3) is 0.222. The first-order valence-electron chi connectivity index (χ1n) is 3.93. The maximum atomic E-state index is 11.0. The predicted molar refractivity (Wildman–Crippen MR) is 59.5 cm³/mol. The number of carbonyl (C=O) groups excluding carboxylic acids is 1. The minimum absolute atomic E-state index is 0.299. The average Bonchev–Trinajstić information content (AvgIpc) is 2.10. The molecule has 0 radical (unpaired) electrons. The molecule has 0 saturated carbocycles. The quantitative estimate of drug-likeness (QED) is 0.614. The molecule has 0 aliphatic rings. The number of hydrogen-bond donors (Lipinski definition) is 0. The Morgan fingerprint density at radius 3 is 2.71 bits per heavy atom. The van der Waals surface area contributed by atoms with Crippen LogP contribution in [-0.4, -0.2) is 12.8 Å². The fourth-order valence-corrected chi connectivity index (χ4v) is 1.92. The zero-order chi connectivity index (χ0) is 10.6. The number of halogens is 2. The molecular weight excluding hydrogens is 316 g/mol. The van der Waals surface area contributed by atoms with E-state index in [1.54, 1.807) is 25.1 Å². The number of carbonyl (C=O) groups is 1. The molecule has 0 amide bonds. The minimum Gasteiger partial charge on any atom is -0.434 e. The first kappa shape index (κ1) is 11.5. The SMILES string of the molecule is CCOC(=O)Oc1ccc(Br)cc1Br. The lowest BCUT2D eigenvalue weighted by Gasteiger charge is -2.05. The molecule has 0 atom stereocenters. The summed E-state index contributed by atoms with van der Waals surface area (Å²) >= 11 is 6.56. The Morgan fingerprint density at radius 2 is 2.14 bits per heavy atom. The van der Waals surface area contributed by atoms with E-state index in [-0.39, 0.29) is 0 Å². The topological polar surface area (TPSA) is 35.5 Å². The standard InChI is InChI=1S/C9H8Br2O3/c1-2-13-9(12)14-8-4-3-6(10)5-7(8)11/h3-5H,2H2,1H3. The van der Waals surface area contributed by atoms with Crippen molar-refractivity contribution < 1.29 is 14.3 Å². The summed E-state index contributed by atoms with van der Waals surface area (Å²) in [4.78, 5) is 11.0. The van der Waals surface area contributed by atoms with Crippen LogP contribution in [0.15, 0.2) is 27.1 Å². The zero-order valence-electron chi connectivity index (χ0n) is 7.42. The van der Waals surface area contributed by atoms with Gasteiger partial charge in [0.25, 0.3) is 0 Å². The smallest absolute Gasteiger partial charge is 0.434 e. The second kappa shape index (κ2) is 5.36. The van der Waals surface area contributed by atoms with E-state index >= 15 is 0 Å². The molecule has 1 aromatic carbocycles. The largest absolute Gasteiger partial charge is 0.513 e. The van der Waals surface area contributed by atoms with Crippen LogP contribution in [0.5, 0.6) is 5.75 Å². The number of ether oxygens (including phenoxy) is 2. The van der Waals surface area contributed by atoms with Crippen LogP contribution in [0.1, 0.15) is 6.92 Å². The van der Waals surface area contributed by atoms with Crippen LogP contribution in [0.3, 0.4) is 0 Å². The van der Waals surface area contributed by atoms with Crippen molar-refractivity contribution in [2.24, 2.45) is 0 Å². The molecule has 76 valence electrons. The van der Waals surface area contributed by atoms with Gasteiger partial charge >= 0.3 is 6.16 Å². The van der Waals surface area contributed by atoms with Crippen molar-refractivity contribution in [3.63, 3.8) is 0 Å². The van der Waals surface area contributed by atoms with E-state index in [0.717, 1.165) is 4.47 Å². The van der Waals surface area contributed by atoms with Gasteiger partial charge in [-0.3, -0.25) is 0 Å². The second-order valence-electron chi connectivity index (χ2n) is 2.36. The van der Waals surface area contributed by atoms with E-state index in [1.165, 1.54) is 0 Å². The molecule has 0 saturated heterocycles. The maximum Gasteiger partial charge on any atom is 0.513 e. The van der Waals surface area contributed by atoms with Gasteiger partial charge < -0.3 is 9.47 Å². The number of benzene rings is 1. The third-order valence-electron chi connectivity index (χ3n) is 1.35. The molecule has 0 spiro atoms. The Hall–Kier alpha value is -0.550. The maximum absolute atomic E-state index is 11.0. The summed E-state index contributed by atoms with van der Waals surface area (Å²) in [5.74, 6) is 0.437. The highest BCUT2D eigenvalue weighted by Crippen LogP contribution is 2.28. The van der Waals surface area contributed by atoms with Crippen LogP contribution < -0.4 is 4.74 Å². The van der Waals surface area contributed by atoms with Crippen molar-refractivity contribution in [1.29, 1.82) is 0 Å². The van der Waals surface area contributed by atoms with Crippen LogP contribution in [0, 0.1) is 0 Å². The Morgan fingerprint density at radius 1 is 1.43 bits per heavy atom. The van der Waals surface area contributed by atoms with Gasteiger partial charge in [-0.15, -0.1) is 0 Å². The van der Waals surface area contributed by atoms with Crippen molar-refractivity contribution in [2.75, 3.05) is 6.61 Å². The number of rotatable bonds is 2. The van der Waals surface area contributed by atoms with Gasteiger partial charge in [0.15, 0.2) is 0 Å². The predicted octanol–water partition coefficient (Wildman–Crippen LogP) is 3.75. The van der Waals surface area contributed by atoms with E-state index in [4.69, 9.17) is 4.74 Å². The van der Waals surface area contributed by atoms with Crippen molar-refractivity contribution in [2.45, 2.75) is 6.92 Å². The van der Waals surface area contributed by atoms with Crippen LogP contribution >= 0.6 is 31.9 Å². The Kier molecular flexibility index (Phi) is 4.41. The lowest BCUT2D eigenvalue weighted by atomic mass is 10.3. The molecule has 0 aromatic heterocycles. The van der Waals surface area contributed by atoms with Crippen molar-refractivity contribution in [3.8, 4) is 5.75 Å². The summed E-state index contributed by atoms with van der Waals surface area (Å²) < 4.78 is 11.1. The molecule has 0 unspecified atom stereocenters. The molecule has 3 nitrogen and oxygen atoms in total. The van der Waals surface area contributed by atoms with Crippen molar-refractivity contribution in [1.82, 2.24) is 0 Å². The van der Waals surface area contributed by atoms with Crippen LogP contribution in [0.25, 0.3) is 0 Å². The lowest BCUT2D eigenvalue weighted by molar-refractivity contribution is 0.104. The molecule has 0 bridgehead atoms. The second-order valence-corrected chi connectivity index (χ2v) is 4.13. The monoisotopic (exact) mass is 322 g/mol. The Bertz CT molecular complexity index is 339. The molecule has 0 aliphatic heterocycles. The van der Waals surface area contributed by atoms with Crippen molar-refractivity contribution in [3.05, 3.63) is 27.1 Å². The molecule has 1 rings (SSSR count). The van der Waals surface area contributed by atoms with E-state index in [2.05, 4.69) is 36.6 Å². The van der Waals surface area contributed by atoms with Gasteiger partial charge in [-0.2, -0.15) is 0 Å². The summed E-state index contributed by atoms with van der Waals surface area (Å²) in [6, 6.07) is 5.24. The third kappa shape index (κ3) is 3.31. The first-order chi connectivity index (χ1) is 6.63. The van der Waals surface area contributed by atoms with Gasteiger partial charge in [-0.05, 0) is 41.1 Å². The van der Waals surface area contributed by atoms with Gasteiger partial charge in [0.2, 0.25) is 0 Å². The van der Waals surface area contributed by atoms with E-state index in [9.17, 15) is 4.79 Å². The normalized spacial score (nSPS) is 9.64. The molecule has 5 heteroatoms. The van der Waals surface area contributed by atoms with Gasteiger partial charge in [0.05, 0.1) is 11.1 Å². The molecule has 0 fully saturated rings. The molecule has 0 aliphatic carbocycles. The zero-order valence-corrected chi connectivity index (χ0v) is 10.6. The van der Waals surface area contributed by atoms with Crippen LogP contribution in [0.4, 0.5) is 4.79 Å². The van der Waals surface area contributed by atoms with Gasteiger partial charge in [0, 0.05) is 4.47 Å². The van der Waals surface area contributed by atoms with Gasteiger partial charge in [-0.1, -0.05) is 15.9 Å². The molecule has 14 heavy (non-hydrogen) atoms. The van der Waals surface area contributed by atoms with Crippen LogP contribution in [0.2, 0.25) is 0 Å². The average molecular weight is 324 g/mol. The van der Waals surface area contributed by atoms with E-state index in [0.29, 0.717) is 16.8 Å². The molecule has 1 aromatic rings. The highest BCUT2D eigenvalue weighted by atomic mass is 79.9. The lowest BCUT2D eigenvalue weighted by Crippen LogP contribution is -2.10. The third-order valence-corrected chi connectivity index (χ3v) is 2.46. The summed E-state index contributed by atoms with van der Waals surface area (Å²) in [5, 5.41) is 0. The van der Waals surface area contributed by atoms with Crippen LogP contribution in [-0.2, 0) is 4.74 Å². The summed E-state index contributed by atoms with van der Waals surface area (Å²) in [6.45, 7) is 2.02.